The van der Waals surface area contributed by atoms with E-state index in [0.717, 1.165) is 39.7 Å². The standard InChI is InChI=1S/C16H16BrNO3/c1-8-7-9(3-4-10(8)17)18-14(19)12-11-5-6-16(2,21-11)13(12)15(18)20/h3-4,7,11,19-20H,5-6H2,1-2H3. The van der Waals surface area contributed by atoms with Gasteiger partial charge in [-0.3, -0.25) is 4.57 Å². The summed E-state index contributed by atoms with van der Waals surface area (Å²) in [7, 11) is 0. The minimum Gasteiger partial charge on any atom is -0.494 e. The molecule has 5 heteroatoms. The van der Waals surface area contributed by atoms with E-state index >= 15 is 0 Å². The highest BCUT2D eigenvalue weighted by molar-refractivity contribution is 9.10. The van der Waals surface area contributed by atoms with Crippen LogP contribution in [0.25, 0.3) is 5.69 Å². The van der Waals surface area contributed by atoms with Crippen molar-refractivity contribution < 1.29 is 14.9 Å². The number of aromatic hydroxyl groups is 2. The predicted octanol–water partition coefficient (Wildman–Crippen LogP) is 4.04. The van der Waals surface area contributed by atoms with Crippen molar-refractivity contribution in [3.8, 4) is 17.4 Å². The van der Waals surface area contributed by atoms with Crippen LogP contribution in [-0.2, 0) is 10.3 Å². The summed E-state index contributed by atoms with van der Waals surface area (Å²) in [6.45, 7) is 3.96. The molecule has 2 aliphatic heterocycles. The van der Waals surface area contributed by atoms with Gasteiger partial charge in [-0.2, -0.15) is 0 Å². The van der Waals surface area contributed by atoms with E-state index < -0.39 is 5.60 Å². The van der Waals surface area contributed by atoms with Crippen LogP contribution >= 0.6 is 15.9 Å². The second-order valence-corrected chi connectivity index (χ2v) is 6.94. The van der Waals surface area contributed by atoms with Gasteiger partial charge in [0.2, 0.25) is 11.8 Å². The third-order valence-corrected chi connectivity index (χ3v) is 5.58. The molecule has 2 aromatic rings. The molecule has 1 aromatic heterocycles. The summed E-state index contributed by atoms with van der Waals surface area (Å²) in [5.41, 5.74) is 2.82. The molecule has 1 fully saturated rings. The summed E-state index contributed by atoms with van der Waals surface area (Å²) in [6, 6.07) is 5.72. The van der Waals surface area contributed by atoms with E-state index in [9.17, 15) is 10.2 Å². The lowest BCUT2D eigenvalue weighted by Crippen LogP contribution is -2.16. The van der Waals surface area contributed by atoms with Crippen molar-refractivity contribution >= 4 is 15.9 Å². The first-order chi connectivity index (χ1) is 9.92. The number of benzene rings is 1. The van der Waals surface area contributed by atoms with E-state index in [1.165, 1.54) is 4.57 Å². The molecule has 2 atom stereocenters. The molecular weight excluding hydrogens is 334 g/mol. The van der Waals surface area contributed by atoms with Crippen LogP contribution in [0.3, 0.4) is 0 Å². The zero-order valence-corrected chi connectivity index (χ0v) is 13.4. The molecule has 21 heavy (non-hydrogen) atoms. The third kappa shape index (κ3) is 1.59. The number of hydrogen-bond donors (Lipinski definition) is 2. The molecule has 0 spiro atoms. The first kappa shape index (κ1) is 13.2. The maximum atomic E-state index is 10.6. The van der Waals surface area contributed by atoms with E-state index in [2.05, 4.69) is 15.9 Å². The fraction of sp³-hybridized carbons (Fsp3) is 0.375. The molecule has 1 aromatic carbocycles. The smallest absolute Gasteiger partial charge is 0.205 e. The first-order valence-electron chi connectivity index (χ1n) is 7.04. The Morgan fingerprint density at radius 1 is 1.33 bits per heavy atom. The zero-order chi connectivity index (χ0) is 14.9. The molecule has 4 nitrogen and oxygen atoms in total. The summed E-state index contributed by atoms with van der Waals surface area (Å²) < 4.78 is 8.44. The van der Waals surface area contributed by atoms with Crippen LogP contribution in [0.2, 0.25) is 0 Å². The minimum absolute atomic E-state index is 0.0916. The molecule has 0 amide bonds. The molecule has 0 radical (unpaired) electrons. The number of aryl methyl sites for hydroxylation is 1. The maximum Gasteiger partial charge on any atom is 0.205 e. The lowest BCUT2D eigenvalue weighted by Gasteiger charge is -2.19. The van der Waals surface area contributed by atoms with Crippen molar-refractivity contribution in [2.24, 2.45) is 0 Å². The van der Waals surface area contributed by atoms with Crippen LogP contribution in [0.5, 0.6) is 11.8 Å². The van der Waals surface area contributed by atoms with Gasteiger partial charge in [0.1, 0.15) is 0 Å². The van der Waals surface area contributed by atoms with E-state index in [-0.39, 0.29) is 17.9 Å². The number of halogens is 1. The molecular formula is C16H16BrNO3. The van der Waals surface area contributed by atoms with Crippen LogP contribution in [0.4, 0.5) is 0 Å². The second-order valence-electron chi connectivity index (χ2n) is 6.08. The average Bonchev–Trinajstić information content (AvgIpc) is 3.03. The Kier molecular flexibility index (Phi) is 2.55. The average molecular weight is 350 g/mol. The number of ether oxygens (including phenoxy) is 1. The molecule has 2 N–H and O–H groups in total. The molecule has 110 valence electrons. The van der Waals surface area contributed by atoms with Gasteiger partial charge in [-0.1, -0.05) is 15.9 Å². The van der Waals surface area contributed by atoms with Crippen LogP contribution in [0.15, 0.2) is 22.7 Å². The van der Waals surface area contributed by atoms with Gasteiger partial charge in [0.05, 0.1) is 28.5 Å². The molecule has 3 heterocycles. The molecule has 2 bridgehead atoms. The topological polar surface area (TPSA) is 54.6 Å². The van der Waals surface area contributed by atoms with Gasteiger partial charge in [-0.25, -0.2) is 0 Å². The van der Waals surface area contributed by atoms with E-state index in [1.807, 2.05) is 32.0 Å². The molecule has 0 saturated carbocycles. The normalized spacial score (nSPS) is 26.3. The van der Waals surface area contributed by atoms with Gasteiger partial charge >= 0.3 is 0 Å². The maximum absolute atomic E-state index is 10.6. The van der Waals surface area contributed by atoms with Gasteiger partial charge in [-0.15, -0.1) is 0 Å². The van der Waals surface area contributed by atoms with Crippen LogP contribution in [0.1, 0.15) is 42.6 Å². The molecule has 1 saturated heterocycles. The monoisotopic (exact) mass is 349 g/mol. The van der Waals surface area contributed by atoms with Crippen molar-refractivity contribution in [3.63, 3.8) is 0 Å². The van der Waals surface area contributed by atoms with Crippen LogP contribution in [0, 0.1) is 6.92 Å². The molecule has 4 rings (SSSR count). The van der Waals surface area contributed by atoms with Gasteiger partial charge in [0.25, 0.3) is 0 Å². The first-order valence-corrected chi connectivity index (χ1v) is 7.83. The van der Waals surface area contributed by atoms with Crippen molar-refractivity contribution in [2.75, 3.05) is 0 Å². The van der Waals surface area contributed by atoms with E-state index in [1.54, 1.807) is 0 Å². The van der Waals surface area contributed by atoms with Gasteiger partial charge in [0.15, 0.2) is 0 Å². The van der Waals surface area contributed by atoms with Crippen LogP contribution in [-0.4, -0.2) is 14.8 Å². The number of hydrogen-bond acceptors (Lipinski definition) is 3. The predicted molar refractivity (Wildman–Crippen MR) is 81.9 cm³/mol. The molecule has 2 aliphatic rings. The Morgan fingerprint density at radius 3 is 2.76 bits per heavy atom. The van der Waals surface area contributed by atoms with Gasteiger partial charge in [0, 0.05) is 4.47 Å². The third-order valence-electron chi connectivity index (χ3n) is 4.69. The summed E-state index contributed by atoms with van der Waals surface area (Å²) in [4.78, 5) is 0. The van der Waals surface area contributed by atoms with Crippen molar-refractivity contribution in [2.45, 2.75) is 38.4 Å². The lowest BCUT2D eigenvalue weighted by atomic mass is 9.86. The Balaban J connectivity index is 1.96. The Morgan fingerprint density at radius 2 is 2.10 bits per heavy atom. The largest absolute Gasteiger partial charge is 0.494 e. The van der Waals surface area contributed by atoms with Crippen molar-refractivity contribution in [1.82, 2.24) is 4.57 Å². The zero-order valence-electron chi connectivity index (χ0n) is 11.9. The van der Waals surface area contributed by atoms with Crippen LogP contribution < -0.4 is 0 Å². The van der Waals surface area contributed by atoms with Gasteiger partial charge < -0.3 is 14.9 Å². The summed E-state index contributed by atoms with van der Waals surface area (Å²) in [5, 5.41) is 21.2. The van der Waals surface area contributed by atoms with E-state index in [0.29, 0.717) is 0 Å². The quantitative estimate of drug-likeness (QED) is 0.816. The summed E-state index contributed by atoms with van der Waals surface area (Å²) in [5.74, 6) is 0.187. The Hall–Kier alpha value is -1.46. The fourth-order valence-corrected chi connectivity index (χ4v) is 3.88. The molecule has 2 unspecified atom stereocenters. The Labute approximate surface area is 131 Å². The minimum atomic E-state index is -0.475. The second kappa shape index (κ2) is 4.05. The van der Waals surface area contributed by atoms with Crippen molar-refractivity contribution in [1.29, 1.82) is 0 Å². The number of aromatic nitrogens is 1. The Bertz CT molecular complexity index is 767. The summed E-state index contributed by atoms with van der Waals surface area (Å²) in [6.07, 6.45) is 1.66. The van der Waals surface area contributed by atoms with Gasteiger partial charge in [-0.05, 0) is 50.5 Å². The van der Waals surface area contributed by atoms with E-state index in [4.69, 9.17) is 4.74 Å². The number of fused-ring (bicyclic) bond motifs is 5. The lowest BCUT2D eigenvalue weighted by molar-refractivity contribution is -0.00959. The fourth-order valence-electron chi connectivity index (χ4n) is 3.63. The molecule has 0 aliphatic carbocycles. The highest BCUT2D eigenvalue weighted by atomic mass is 79.9. The number of rotatable bonds is 1. The number of nitrogens with zero attached hydrogens (tertiary/aromatic N) is 1. The highest BCUT2D eigenvalue weighted by Crippen LogP contribution is 2.61. The highest BCUT2D eigenvalue weighted by Gasteiger charge is 2.53. The SMILES string of the molecule is Cc1cc(-n2c(O)c3c(c2O)C2(C)CCC3O2)ccc1Br. The summed E-state index contributed by atoms with van der Waals surface area (Å²) >= 11 is 3.47. The van der Waals surface area contributed by atoms with Crippen molar-refractivity contribution in [3.05, 3.63) is 39.4 Å².